The summed E-state index contributed by atoms with van der Waals surface area (Å²) in [6.45, 7) is 2.82. The largest absolute Gasteiger partial charge is 0.330 e. The molecule has 0 bridgehead atoms. The molecule has 2 N–H and O–H groups in total. The summed E-state index contributed by atoms with van der Waals surface area (Å²) < 4.78 is 12.6. The van der Waals surface area contributed by atoms with Gasteiger partial charge in [-0.05, 0) is 50.8 Å². The Balaban J connectivity index is 2.17. The molecule has 0 saturated carbocycles. The molecule has 0 heterocycles. The quantitative estimate of drug-likeness (QED) is 0.743. The molecule has 0 radical (unpaired) electrons. The summed E-state index contributed by atoms with van der Waals surface area (Å²) in [6.07, 6.45) is 1.04. The number of hydrogen-bond donors (Lipinski definition) is 1. The van der Waals surface area contributed by atoms with Gasteiger partial charge in [-0.2, -0.15) is 0 Å². The van der Waals surface area contributed by atoms with Gasteiger partial charge < -0.3 is 10.6 Å². The van der Waals surface area contributed by atoms with E-state index in [0.29, 0.717) is 0 Å². The average molecular weight is 242 g/mol. The van der Waals surface area contributed by atoms with Crippen LogP contribution in [0.25, 0.3) is 0 Å². The van der Waals surface area contributed by atoms with Crippen molar-refractivity contribution in [3.05, 3.63) is 30.1 Å². The number of halogens is 1. The lowest BCUT2D eigenvalue weighted by atomic mass is 10.4. The first-order chi connectivity index (χ1) is 7.72. The Morgan fingerprint density at radius 1 is 1.25 bits per heavy atom. The van der Waals surface area contributed by atoms with Crippen LogP contribution < -0.4 is 5.73 Å². The topological polar surface area (TPSA) is 29.3 Å². The number of nitrogens with two attached hydrogens (primary N) is 1. The minimum absolute atomic E-state index is 0.176. The Morgan fingerprint density at radius 2 is 1.94 bits per heavy atom. The zero-order valence-corrected chi connectivity index (χ0v) is 10.5. The van der Waals surface area contributed by atoms with Gasteiger partial charge >= 0.3 is 0 Å². The van der Waals surface area contributed by atoms with Crippen LogP contribution in [0, 0.1) is 5.82 Å². The zero-order valence-electron chi connectivity index (χ0n) is 9.66. The van der Waals surface area contributed by atoms with Crippen LogP contribution in [0.4, 0.5) is 4.39 Å². The molecular weight excluding hydrogens is 223 g/mol. The van der Waals surface area contributed by atoms with Crippen LogP contribution in [0.3, 0.4) is 0 Å². The molecule has 0 aliphatic rings. The van der Waals surface area contributed by atoms with Crippen molar-refractivity contribution in [1.82, 2.24) is 4.90 Å². The Kier molecular flexibility index (Phi) is 6.45. The highest BCUT2D eigenvalue weighted by Gasteiger charge is 1.99. The van der Waals surface area contributed by atoms with Crippen molar-refractivity contribution < 1.29 is 4.39 Å². The van der Waals surface area contributed by atoms with Gasteiger partial charge in [0.1, 0.15) is 5.82 Å². The second kappa shape index (κ2) is 7.65. The van der Waals surface area contributed by atoms with E-state index in [0.717, 1.165) is 36.7 Å². The van der Waals surface area contributed by atoms with Crippen molar-refractivity contribution in [2.24, 2.45) is 5.73 Å². The number of thioether (sulfide) groups is 1. The second-order valence-corrected chi connectivity index (χ2v) is 4.92. The number of nitrogens with zero attached hydrogens (tertiary/aromatic N) is 1. The van der Waals surface area contributed by atoms with Gasteiger partial charge in [0.2, 0.25) is 0 Å². The van der Waals surface area contributed by atoms with E-state index in [1.165, 1.54) is 12.1 Å². The predicted molar refractivity (Wildman–Crippen MR) is 68.3 cm³/mol. The molecule has 0 spiro atoms. The van der Waals surface area contributed by atoms with E-state index in [1.807, 2.05) is 12.1 Å². The van der Waals surface area contributed by atoms with Gasteiger partial charge in [-0.1, -0.05) is 0 Å². The highest BCUT2D eigenvalue weighted by atomic mass is 32.2. The molecular formula is C12H19FN2S. The molecule has 0 fully saturated rings. The lowest BCUT2D eigenvalue weighted by Gasteiger charge is -2.15. The van der Waals surface area contributed by atoms with Crippen LogP contribution in [0.1, 0.15) is 6.42 Å². The minimum atomic E-state index is -0.176. The molecule has 1 aromatic carbocycles. The highest BCUT2D eigenvalue weighted by molar-refractivity contribution is 7.99. The van der Waals surface area contributed by atoms with E-state index in [4.69, 9.17) is 5.73 Å². The molecule has 90 valence electrons. The van der Waals surface area contributed by atoms with E-state index >= 15 is 0 Å². The molecule has 1 rings (SSSR count). The van der Waals surface area contributed by atoms with Crippen molar-refractivity contribution in [2.45, 2.75) is 11.3 Å². The van der Waals surface area contributed by atoms with E-state index in [-0.39, 0.29) is 5.82 Å². The molecule has 0 amide bonds. The van der Waals surface area contributed by atoms with Crippen molar-refractivity contribution in [1.29, 1.82) is 0 Å². The SMILES string of the molecule is CN(CCCN)CCSc1ccc(F)cc1. The summed E-state index contributed by atoms with van der Waals surface area (Å²) in [5.41, 5.74) is 5.44. The first-order valence-electron chi connectivity index (χ1n) is 5.49. The maximum atomic E-state index is 12.6. The maximum Gasteiger partial charge on any atom is 0.123 e. The third kappa shape index (κ3) is 5.49. The second-order valence-electron chi connectivity index (χ2n) is 3.75. The molecule has 0 saturated heterocycles. The summed E-state index contributed by atoms with van der Waals surface area (Å²) in [5.74, 6) is 0.844. The first-order valence-corrected chi connectivity index (χ1v) is 6.48. The number of hydrogen-bond acceptors (Lipinski definition) is 3. The normalized spacial score (nSPS) is 11.0. The third-order valence-corrected chi connectivity index (χ3v) is 3.29. The van der Waals surface area contributed by atoms with E-state index in [2.05, 4.69) is 11.9 Å². The van der Waals surface area contributed by atoms with E-state index < -0.39 is 0 Å². The molecule has 4 heteroatoms. The minimum Gasteiger partial charge on any atom is -0.330 e. The van der Waals surface area contributed by atoms with Gasteiger partial charge in [0.15, 0.2) is 0 Å². The van der Waals surface area contributed by atoms with Crippen LogP contribution in [0.15, 0.2) is 29.2 Å². The van der Waals surface area contributed by atoms with Gasteiger partial charge in [0.25, 0.3) is 0 Å². The highest BCUT2D eigenvalue weighted by Crippen LogP contribution is 2.17. The fourth-order valence-corrected chi connectivity index (χ4v) is 2.29. The van der Waals surface area contributed by atoms with Crippen LogP contribution in [-0.4, -0.2) is 37.3 Å². The smallest absolute Gasteiger partial charge is 0.123 e. The Hall–Kier alpha value is -0.580. The van der Waals surface area contributed by atoms with Crippen molar-refractivity contribution in [2.75, 3.05) is 32.4 Å². The third-order valence-electron chi connectivity index (χ3n) is 2.30. The maximum absolute atomic E-state index is 12.6. The first kappa shape index (κ1) is 13.5. The monoisotopic (exact) mass is 242 g/mol. The molecule has 0 unspecified atom stereocenters. The Morgan fingerprint density at radius 3 is 2.56 bits per heavy atom. The molecule has 2 nitrogen and oxygen atoms in total. The van der Waals surface area contributed by atoms with Crippen molar-refractivity contribution in [3.8, 4) is 0 Å². The summed E-state index contributed by atoms with van der Waals surface area (Å²) in [7, 11) is 2.10. The number of benzene rings is 1. The van der Waals surface area contributed by atoms with Gasteiger partial charge in [-0.3, -0.25) is 0 Å². The van der Waals surface area contributed by atoms with Crippen LogP contribution in [-0.2, 0) is 0 Å². The fourth-order valence-electron chi connectivity index (χ4n) is 1.32. The Labute approximate surface area is 101 Å². The molecule has 16 heavy (non-hydrogen) atoms. The summed E-state index contributed by atoms with van der Waals surface area (Å²) in [4.78, 5) is 3.39. The van der Waals surface area contributed by atoms with E-state index in [1.54, 1.807) is 11.8 Å². The van der Waals surface area contributed by atoms with Gasteiger partial charge in [0.05, 0.1) is 0 Å². The van der Waals surface area contributed by atoms with Crippen molar-refractivity contribution in [3.63, 3.8) is 0 Å². The standard InChI is InChI=1S/C12H19FN2S/c1-15(8-2-7-14)9-10-16-12-5-3-11(13)4-6-12/h3-6H,2,7-10,14H2,1H3. The summed E-state index contributed by atoms with van der Waals surface area (Å²) in [5, 5.41) is 0. The van der Waals surface area contributed by atoms with E-state index in [9.17, 15) is 4.39 Å². The summed E-state index contributed by atoms with van der Waals surface area (Å²) >= 11 is 1.75. The summed E-state index contributed by atoms with van der Waals surface area (Å²) in [6, 6.07) is 6.64. The molecule has 0 aliphatic carbocycles. The molecule has 1 aromatic rings. The molecule has 0 aromatic heterocycles. The fraction of sp³-hybridized carbons (Fsp3) is 0.500. The zero-order chi connectivity index (χ0) is 11.8. The average Bonchev–Trinajstić information content (AvgIpc) is 2.29. The molecule has 0 aliphatic heterocycles. The van der Waals surface area contributed by atoms with Gasteiger partial charge in [-0.25, -0.2) is 4.39 Å². The van der Waals surface area contributed by atoms with Crippen LogP contribution in [0.5, 0.6) is 0 Å². The van der Waals surface area contributed by atoms with Crippen LogP contribution in [0.2, 0.25) is 0 Å². The van der Waals surface area contributed by atoms with Crippen molar-refractivity contribution >= 4 is 11.8 Å². The van der Waals surface area contributed by atoms with Gasteiger partial charge in [-0.15, -0.1) is 11.8 Å². The van der Waals surface area contributed by atoms with Gasteiger partial charge in [0, 0.05) is 17.2 Å². The lowest BCUT2D eigenvalue weighted by Crippen LogP contribution is -2.24. The molecule has 0 atom stereocenters. The van der Waals surface area contributed by atoms with Crippen LogP contribution >= 0.6 is 11.8 Å². The number of rotatable bonds is 7. The Bertz CT molecular complexity index is 290. The lowest BCUT2D eigenvalue weighted by molar-refractivity contribution is 0.352. The predicted octanol–water partition coefficient (Wildman–Crippen LogP) is 2.20.